The summed E-state index contributed by atoms with van der Waals surface area (Å²) in [6.07, 6.45) is 1.43. The van der Waals surface area contributed by atoms with E-state index in [2.05, 4.69) is 20.6 Å². The molecule has 1 heterocycles. The highest BCUT2D eigenvalue weighted by Gasteiger charge is 2.14. The average Bonchev–Trinajstić information content (AvgIpc) is 2.68. The van der Waals surface area contributed by atoms with Gasteiger partial charge in [-0.2, -0.15) is 4.98 Å². The Morgan fingerprint density at radius 3 is 2.37 bits per heavy atom. The first kappa shape index (κ1) is 18.3. The van der Waals surface area contributed by atoms with Crippen molar-refractivity contribution in [3.63, 3.8) is 0 Å². The molecule has 0 spiro atoms. The fraction of sp³-hybridized carbons (Fsp3) is 0.111. The van der Waals surface area contributed by atoms with Gasteiger partial charge in [-0.1, -0.05) is 0 Å². The van der Waals surface area contributed by atoms with Crippen LogP contribution in [0, 0.1) is 17.5 Å². The number of halogens is 3. The number of rotatable bonds is 6. The van der Waals surface area contributed by atoms with Crippen molar-refractivity contribution in [2.45, 2.75) is 0 Å². The third-order valence-electron chi connectivity index (χ3n) is 3.59. The Morgan fingerprint density at radius 2 is 1.63 bits per heavy atom. The highest BCUT2D eigenvalue weighted by molar-refractivity contribution is 5.63. The number of nitrogens with zero attached hydrogens (tertiary/aromatic N) is 2. The molecule has 3 rings (SSSR count). The van der Waals surface area contributed by atoms with Gasteiger partial charge in [-0.25, -0.2) is 18.2 Å². The molecule has 0 saturated heterocycles. The highest BCUT2D eigenvalue weighted by atomic mass is 19.2. The summed E-state index contributed by atoms with van der Waals surface area (Å²) >= 11 is 0. The van der Waals surface area contributed by atoms with Crippen LogP contribution in [0.2, 0.25) is 0 Å². The number of hydrogen-bond donors (Lipinski definition) is 2. The van der Waals surface area contributed by atoms with Crippen LogP contribution in [0.25, 0.3) is 0 Å². The van der Waals surface area contributed by atoms with E-state index in [1.165, 1.54) is 20.4 Å². The molecule has 0 radical (unpaired) electrons. The van der Waals surface area contributed by atoms with Crippen molar-refractivity contribution in [1.29, 1.82) is 0 Å². The highest BCUT2D eigenvalue weighted by Crippen LogP contribution is 2.31. The van der Waals surface area contributed by atoms with Gasteiger partial charge in [0, 0.05) is 18.0 Å². The van der Waals surface area contributed by atoms with Gasteiger partial charge in [0.15, 0.2) is 29.0 Å². The number of hydrogen-bond acceptors (Lipinski definition) is 6. The monoisotopic (exact) mass is 376 g/mol. The van der Waals surface area contributed by atoms with Crippen molar-refractivity contribution in [2.24, 2.45) is 0 Å². The Hall–Kier alpha value is -3.49. The third kappa shape index (κ3) is 4.02. The van der Waals surface area contributed by atoms with Crippen LogP contribution in [0.5, 0.6) is 11.5 Å². The lowest BCUT2D eigenvalue weighted by Crippen LogP contribution is -2.03. The van der Waals surface area contributed by atoms with Crippen molar-refractivity contribution in [2.75, 3.05) is 24.9 Å². The van der Waals surface area contributed by atoms with Crippen LogP contribution in [0.1, 0.15) is 0 Å². The molecule has 0 fully saturated rings. The molecule has 0 aliphatic rings. The maximum absolute atomic E-state index is 13.8. The zero-order valence-electron chi connectivity index (χ0n) is 14.4. The minimum absolute atomic E-state index is 0.00499. The molecule has 0 aliphatic heterocycles. The summed E-state index contributed by atoms with van der Waals surface area (Å²) in [6.45, 7) is 0. The molecule has 0 bridgehead atoms. The molecule has 0 amide bonds. The van der Waals surface area contributed by atoms with Crippen molar-refractivity contribution in [3.05, 3.63) is 60.0 Å². The van der Waals surface area contributed by atoms with Crippen LogP contribution < -0.4 is 20.1 Å². The number of anilines is 4. The fourth-order valence-electron chi connectivity index (χ4n) is 2.29. The number of ether oxygens (including phenoxy) is 2. The summed E-state index contributed by atoms with van der Waals surface area (Å²) in [5.74, 6) is -2.70. The van der Waals surface area contributed by atoms with E-state index in [9.17, 15) is 13.2 Å². The second-order valence-electron chi connectivity index (χ2n) is 5.31. The first-order chi connectivity index (χ1) is 13.0. The lowest BCUT2D eigenvalue weighted by atomic mass is 10.2. The molecule has 3 aromatic rings. The minimum Gasteiger partial charge on any atom is -0.493 e. The van der Waals surface area contributed by atoms with Gasteiger partial charge in [-0.05, 0) is 30.3 Å². The first-order valence-corrected chi connectivity index (χ1v) is 7.74. The van der Waals surface area contributed by atoms with Gasteiger partial charge in [0.05, 0.1) is 19.9 Å². The third-order valence-corrected chi connectivity index (χ3v) is 3.59. The van der Waals surface area contributed by atoms with Crippen LogP contribution in [0.15, 0.2) is 42.6 Å². The standard InChI is InChI=1S/C18H15F3N4O2/c1-26-13-6-3-10(9-14(13)27-2)23-15-7-8-22-18(25-15)24-12-5-4-11(19)16(20)17(12)21/h3-9H,1-2H3,(H2,22,23,24,25). The second kappa shape index (κ2) is 7.81. The first-order valence-electron chi connectivity index (χ1n) is 7.74. The van der Waals surface area contributed by atoms with E-state index in [4.69, 9.17) is 9.47 Å². The number of nitrogens with one attached hydrogen (secondary N) is 2. The molecule has 0 atom stereocenters. The molecule has 0 unspecified atom stereocenters. The van der Waals surface area contributed by atoms with Gasteiger partial charge >= 0.3 is 0 Å². The van der Waals surface area contributed by atoms with E-state index < -0.39 is 17.5 Å². The van der Waals surface area contributed by atoms with Crippen molar-refractivity contribution < 1.29 is 22.6 Å². The van der Waals surface area contributed by atoms with Crippen LogP contribution in [0.4, 0.5) is 36.3 Å². The van der Waals surface area contributed by atoms with Crippen molar-refractivity contribution >= 4 is 23.1 Å². The number of aromatic nitrogens is 2. The van der Waals surface area contributed by atoms with Crippen molar-refractivity contribution in [1.82, 2.24) is 9.97 Å². The van der Waals surface area contributed by atoms with E-state index in [0.717, 1.165) is 12.1 Å². The normalized spacial score (nSPS) is 10.4. The summed E-state index contributed by atoms with van der Waals surface area (Å²) in [6, 6.07) is 8.65. The molecule has 1 aromatic heterocycles. The van der Waals surface area contributed by atoms with Crippen LogP contribution in [0.3, 0.4) is 0 Å². The fourth-order valence-corrected chi connectivity index (χ4v) is 2.29. The van der Waals surface area contributed by atoms with Gasteiger partial charge in [0.25, 0.3) is 0 Å². The lowest BCUT2D eigenvalue weighted by Gasteiger charge is -2.12. The van der Waals surface area contributed by atoms with E-state index in [1.54, 1.807) is 24.3 Å². The molecule has 0 aliphatic carbocycles. The largest absolute Gasteiger partial charge is 0.493 e. The Morgan fingerprint density at radius 1 is 0.852 bits per heavy atom. The summed E-state index contributed by atoms with van der Waals surface area (Å²) in [4.78, 5) is 8.11. The Labute approximate surface area is 153 Å². The summed E-state index contributed by atoms with van der Waals surface area (Å²) < 4.78 is 50.5. The van der Waals surface area contributed by atoms with Gasteiger partial charge in [0.2, 0.25) is 5.95 Å². The van der Waals surface area contributed by atoms with Gasteiger partial charge < -0.3 is 20.1 Å². The lowest BCUT2D eigenvalue weighted by molar-refractivity contribution is 0.355. The molecule has 9 heteroatoms. The number of methoxy groups -OCH3 is 2. The molecule has 2 N–H and O–H groups in total. The Bertz CT molecular complexity index is 969. The molecule has 6 nitrogen and oxygen atoms in total. The Balaban J connectivity index is 1.81. The smallest absolute Gasteiger partial charge is 0.229 e. The molecule has 2 aromatic carbocycles. The maximum atomic E-state index is 13.8. The van der Waals surface area contributed by atoms with E-state index >= 15 is 0 Å². The Kier molecular flexibility index (Phi) is 5.30. The van der Waals surface area contributed by atoms with Gasteiger partial charge in [-0.3, -0.25) is 0 Å². The van der Waals surface area contributed by atoms with E-state index in [-0.39, 0.29) is 11.6 Å². The summed E-state index contributed by atoms with van der Waals surface area (Å²) in [5, 5.41) is 5.56. The average molecular weight is 376 g/mol. The van der Waals surface area contributed by atoms with E-state index in [1.807, 2.05) is 0 Å². The van der Waals surface area contributed by atoms with Gasteiger partial charge in [0.1, 0.15) is 5.82 Å². The zero-order valence-corrected chi connectivity index (χ0v) is 14.4. The zero-order chi connectivity index (χ0) is 19.4. The molecule has 140 valence electrons. The number of benzene rings is 2. The summed E-state index contributed by atoms with van der Waals surface area (Å²) in [7, 11) is 3.05. The summed E-state index contributed by atoms with van der Waals surface area (Å²) in [5.41, 5.74) is 0.383. The quantitative estimate of drug-likeness (QED) is 0.622. The second-order valence-corrected chi connectivity index (χ2v) is 5.31. The van der Waals surface area contributed by atoms with Crippen molar-refractivity contribution in [3.8, 4) is 11.5 Å². The molecular weight excluding hydrogens is 361 g/mol. The minimum atomic E-state index is -1.57. The molecule has 27 heavy (non-hydrogen) atoms. The predicted molar refractivity (Wildman–Crippen MR) is 94.5 cm³/mol. The molecular formula is C18H15F3N4O2. The van der Waals surface area contributed by atoms with E-state index in [0.29, 0.717) is 23.0 Å². The van der Waals surface area contributed by atoms with Crippen LogP contribution in [-0.2, 0) is 0 Å². The van der Waals surface area contributed by atoms with Crippen LogP contribution in [-0.4, -0.2) is 24.2 Å². The topological polar surface area (TPSA) is 68.3 Å². The predicted octanol–water partition coefficient (Wildman–Crippen LogP) is 4.40. The van der Waals surface area contributed by atoms with Gasteiger partial charge in [-0.15, -0.1) is 0 Å². The SMILES string of the molecule is COc1ccc(Nc2ccnc(Nc3ccc(F)c(F)c3F)n2)cc1OC. The maximum Gasteiger partial charge on any atom is 0.229 e. The van der Waals surface area contributed by atoms with Crippen LogP contribution >= 0.6 is 0 Å². The molecule has 0 saturated carbocycles.